The van der Waals surface area contributed by atoms with Crippen LogP contribution in [0.4, 0.5) is 0 Å². The zero-order valence-electron chi connectivity index (χ0n) is 14.3. The van der Waals surface area contributed by atoms with E-state index in [2.05, 4.69) is 10.3 Å². The van der Waals surface area contributed by atoms with Gasteiger partial charge in [-0.1, -0.05) is 24.3 Å². The van der Waals surface area contributed by atoms with Crippen LogP contribution in [-0.2, 0) is 6.42 Å². The molecule has 128 valence electrons. The van der Waals surface area contributed by atoms with Gasteiger partial charge < -0.3 is 20.5 Å². The molecule has 0 aromatic heterocycles. The Labute approximate surface area is 143 Å². The molecule has 0 fully saturated rings. The summed E-state index contributed by atoms with van der Waals surface area (Å²) in [5.41, 5.74) is 8.23. The molecule has 5 heteroatoms. The molecule has 2 aromatic rings. The molecule has 0 radical (unpaired) electrons. The minimum atomic E-state index is 0.441. The predicted octanol–water partition coefficient (Wildman–Crippen LogP) is 2.53. The first-order chi connectivity index (χ1) is 11.7. The minimum absolute atomic E-state index is 0.441. The Morgan fingerprint density at radius 2 is 1.92 bits per heavy atom. The van der Waals surface area contributed by atoms with Gasteiger partial charge in [0.1, 0.15) is 18.1 Å². The van der Waals surface area contributed by atoms with E-state index < -0.39 is 0 Å². The average Bonchev–Trinajstić information content (AvgIpc) is 2.59. The lowest BCUT2D eigenvalue weighted by Crippen LogP contribution is -2.35. The second-order valence-corrected chi connectivity index (χ2v) is 5.46. The highest BCUT2D eigenvalue weighted by Crippen LogP contribution is 2.12. The molecule has 3 N–H and O–H groups in total. The highest BCUT2D eigenvalue weighted by molar-refractivity contribution is 5.77. The van der Waals surface area contributed by atoms with E-state index in [4.69, 9.17) is 15.2 Å². The van der Waals surface area contributed by atoms with Crippen LogP contribution in [0.2, 0.25) is 0 Å². The molecule has 0 amide bonds. The summed E-state index contributed by atoms with van der Waals surface area (Å²) < 4.78 is 10.8. The molecule has 0 aliphatic carbocycles. The molecular formula is C19H25N3O2. The molecule has 2 rings (SSSR count). The minimum Gasteiger partial charge on any atom is -0.497 e. The SMILES string of the molecule is COc1ccc(CCN=C(N)NCCOc2cccc(C)c2)cc1. The first kappa shape index (κ1) is 17.7. The third kappa shape index (κ3) is 6.20. The van der Waals surface area contributed by atoms with Crippen molar-refractivity contribution in [1.29, 1.82) is 0 Å². The van der Waals surface area contributed by atoms with E-state index in [9.17, 15) is 0 Å². The van der Waals surface area contributed by atoms with Crippen molar-refractivity contribution in [1.82, 2.24) is 5.32 Å². The maximum absolute atomic E-state index is 5.85. The number of aryl methyl sites for hydroxylation is 1. The van der Waals surface area contributed by atoms with Gasteiger partial charge >= 0.3 is 0 Å². The Balaban J connectivity index is 1.64. The van der Waals surface area contributed by atoms with Crippen molar-refractivity contribution in [3.05, 3.63) is 59.7 Å². The van der Waals surface area contributed by atoms with E-state index in [1.54, 1.807) is 7.11 Å². The number of nitrogens with two attached hydrogens (primary N) is 1. The van der Waals surface area contributed by atoms with Gasteiger partial charge in [-0.15, -0.1) is 0 Å². The van der Waals surface area contributed by atoms with Crippen molar-refractivity contribution >= 4 is 5.96 Å². The molecule has 0 aliphatic rings. The fourth-order valence-electron chi connectivity index (χ4n) is 2.21. The number of guanidine groups is 1. The molecule has 0 heterocycles. The number of methoxy groups -OCH3 is 1. The molecule has 0 spiro atoms. The monoisotopic (exact) mass is 327 g/mol. The van der Waals surface area contributed by atoms with Gasteiger partial charge in [0.05, 0.1) is 13.7 Å². The summed E-state index contributed by atoms with van der Waals surface area (Å²) in [5, 5.41) is 3.05. The van der Waals surface area contributed by atoms with Crippen LogP contribution in [0.5, 0.6) is 11.5 Å². The van der Waals surface area contributed by atoms with Crippen LogP contribution >= 0.6 is 0 Å². The van der Waals surface area contributed by atoms with Gasteiger partial charge in [-0.25, -0.2) is 0 Å². The van der Waals surface area contributed by atoms with Gasteiger partial charge in [-0.3, -0.25) is 4.99 Å². The van der Waals surface area contributed by atoms with Crippen molar-refractivity contribution in [3.63, 3.8) is 0 Å². The van der Waals surface area contributed by atoms with Crippen LogP contribution < -0.4 is 20.5 Å². The maximum Gasteiger partial charge on any atom is 0.188 e. The Morgan fingerprint density at radius 1 is 1.12 bits per heavy atom. The highest BCUT2D eigenvalue weighted by Gasteiger charge is 1.97. The summed E-state index contributed by atoms with van der Waals surface area (Å²) in [4.78, 5) is 4.32. The van der Waals surface area contributed by atoms with Gasteiger partial charge in [-0.2, -0.15) is 0 Å². The van der Waals surface area contributed by atoms with Crippen LogP contribution in [0.15, 0.2) is 53.5 Å². The lowest BCUT2D eigenvalue weighted by molar-refractivity contribution is 0.322. The average molecular weight is 327 g/mol. The summed E-state index contributed by atoms with van der Waals surface area (Å²) in [5.74, 6) is 2.17. The number of ether oxygens (including phenoxy) is 2. The third-order valence-corrected chi connectivity index (χ3v) is 3.51. The first-order valence-corrected chi connectivity index (χ1v) is 8.03. The van der Waals surface area contributed by atoms with E-state index in [1.807, 2.05) is 55.5 Å². The molecule has 2 aromatic carbocycles. The van der Waals surface area contributed by atoms with Gasteiger partial charge in [0, 0.05) is 6.54 Å². The van der Waals surface area contributed by atoms with Crippen molar-refractivity contribution in [2.24, 2.45) is 10.7 Å². The standard InChI is InChI=1S/C19H25N3O2/c1-15-4-3-5-18(14-15)24-13-12-22-19(20)21-11-10-16-6-8-17(23-2)9-7-16/h3-9,14H,10-13H2,1-2H3,(H3,20,21,22). The molecule has 0 saturated heterocycles. The van der Waals surface area contributed by atoms with E-state index in [1.165, 1.54) is 11.1 Å². The van der Waals surface area contributed by atoms with E-state index in [-0.39, 0.29) is 0 Å². The predicted molar refractivity (Wildman–Crippen MR) is 97.9 cm³/mol. The number of hydrogen-bond acceptors (Lipinski definition) is 3. The van der Waals surface area contributed by atoms with Gasteiger partial charge in [0.2, 0.25) is 0 Å². The van der Waals surface area contributed by atoms with Gasteiger partial charge in [0.25, 0.3) is 0 Å². The number of aliphatic imine (C=N–C) groups is 1. The number of nitrogens with zero attached hydrogens (tertiary/aromatic N) is 1. The summed E-state index contributed by atoms with van der Waals surface area (Å²) >= 11 is 0. The second-order valence-electron chi connectivity index (χ2n) is 5.46. The maximum atomic E-state index is 5.85. The van der Waals surface area contributed by atoms with Crippen LogP contribution in [0.25, 0.3) is 0 Å². The quantitative estimate of drug-likeness (QED) is 0.444. The fourth-order valence-corrected chi connectivity index (χ4v) is 2.21. The van der Waals surface area contributed by atoms with Crippen molar-refractivity contribution in [3.8, 4) is 11.5 Å². The topological polar surface area (TPSA) is 68.9 Å². The van der Waals surface area contributed by atoms with Crippen LogP contribution in [0, 0.1) is 6.92 Å². The number of benzene rings is 2. The Hall–Kier alpha value is -2.69. The molecular weight excluding hydrogens is 302 g/mol. The smallest absolute Gasteiger partial charge is 0.188 e. The van der Waals surface area contributed by atoms with Gasteiger partial charge in [0.15, 0.2) is 5.96 Å². The molecule has 0 bridgehead atoms. The molecule has 0 unspecified atom stereocenters. The number of nitrogens with one attached hydrogen (secondary N) is 1. The fraction of sp³-hybridized carbons (Fsp3) is 0.316. The number of hydrogen-bond donors (Lipinski definition) is 2. The normalized spacial score (nSPS) is 11.2. The molecule has 0 aliphatic heterocycles. The summed E-state index contributed by atoms with van der Waals surface area (Å²) in [6, 6.07) is 15.9. The highest BCUT2D eigenvalue weighted by atomic mass is 16.5. The van der Waals surface area contributed by atoms with E-state index in [0.717, 1.165) is 17.9 Å². The van der Waals surface area contributed by atoms with Crippen molar-refractivity contribution in [2.45, 2.75) is 13.3 Å². The molecule has 24 heavy (non-hydrogen) atoms. The lowest BCUT2D eigenvalue weighted by atomic mass is 10.1. The lowest BCUT2D eigenvalue weighted by Gasteiger charge is -2.08. The number of rotatable bonds is 8. The Bertz CT molecular complexity index is 654. The summed E-state index contributed by atoms with van der Waals surface area (Å²) in [7, 11) is 1.66. The second kappa shape index (κ2) is 9.45. The largest absolute Gasteiger partial charge is 0.497 e. The Morgan fingerprint density at radius 3 is 2.62 bits per heavy atom. The van der Waals surface area contributed by atoms with E-state index in [0.29, 0.717) is 25.7 Å². The third-order valence-electron chi connectivity index (χ3n) is 3.51. The molecule has 0 saturated carbocycles. The van der Waals surface area contributed by atoms with Crippen LogP contribution in [-0.4, -0.2) is 32.8 Å². The Kier molecular flexibility index (Phi) is 6.95. The summed E-state index contributed by atoms with van der Waals surface area (Å²) in [6.07, 6.45) is 0.839. The van der Waals surface area contributed by atoms with E-state index >= 15 is 0 Å². The van der Waals surface area contributed by atoms with Crippen LogP contribution in [0.1, 0.15) is 11.1 Å². The zero-order valence-corrected chi connectivity index (χ0v) is 14.3. The van der Waals surface area contributed by atoms with Crippen molar-refractivity contribution < 1.29 is 9.47 Å². The molecule has 0 atom stereocenters. The van der Waals surface area contributed by atoms with Crippen molar-refractivity contribution in [2.75, 3.05) is 26.8 Å². The first-order valence-electron chi connectivity index (χ1n) is 8.03. The summed E-state index contributed by atoms with van der Waals surface area (Å²) in [6.45, 7) is 3.84. The van der Waals surface area contributed by atoms with Gasteiger partial charge in [-0.05, 0) is 48.7 Å². The zero-order chi connectivity index (χ0) is 17.2. The van der Waals surface area contributed by atoms with Crippen LogP contribution in [0.3, 0.4) is 0 Å². The molecule has 5 nitrogen and oxygen atoms in total.